The second-order valence-electron chi connectivity index (χ2n) is 5.95. The lowest BCUT2D eigenvalue weighted by Gasteiger charge is -2.05. The standard InChI is InChI=1S/C18H20ClN5O/c1-13-18(19)14(2)24(22-13)12-17(25)20-8-16-9-21-23(11-16)10-15-6-4-3-5-7-15/h3-7,9,11H,8,10,12H2,1-2H3,(H,20,25). The van der Waals surface area contributed by atoms with E-state index in [0.717, 1.165) is 17.0 Å². The van der Waals surface area contributed by atoms with Crippen molar-refractivity contribution >= 4 is 17.5 Å². The van der Waals surface area contributed by atoms with Crippen LogP contribution in [0.4, 0.5) is 0 Å². The van der Waals surface area contributed by atoms with Crippen molar-refractivity contribution in [2.24, 2.45) is 0 Å². The molecule has 0 aliphatic rings. The summed E-state index contributed by atoms with van der Waals surface area (Å²) in [6.07, 6.45) is 3.71. The van der Waals surface area contributed by atoms with Crippen LogP contribution in [0.2, 0.25) is 5.02 Å². The molecule has 3 aromatic rings. The van der Waals surface area contributed by atoms with Crippen LogP contribution in [0, 0.1) is 13.8 Å². The second kappa shape index (κ2) is 7.53. The summed E-state index contributed by atoms with van der Waals surface area (Å²) in [5.41, 5.74) is 3.66. The van der Waals surface area contributed by atoms with Gasteiger partial charge in [-0.15, -0.1) is 0 Å². The Morgan fingerprint density at radius 3 is 2.64 bits per heavy atom. The molecule has 0 bridgehead atoms. The van der Waals surface area contributed by atoms with Crippen LogP contribution in [0.25, 0.3) is 0 Å². The summed E-state index contributed by atoms with van der Waals surface area (Å²) in [7, 11) is 0. The van der Waals surface area contributed by atoms with E-state index in [0.29, 0.717) is 18.1 Å². The van der Waals surface area contributed by atoms with E-state index in [4.69, 9.17) is 11.6 Å². The average Bonchev–Trinajstić information content (AvgIpc) is 3.14. The van der Waals surface area contributed by atoms with Gasteiger partial charge in [0.1, 0.15) is 6.54 Å². The van der Waals surface area contributed by atoms with E-state index in [1.54, 1.807) is 10.9 Å². The number of hydrogen-bond donors (Lipinski definition) is 1. The summed E-state index contributed by atoms with van der Waals surface area (Å²) in [5, 5.41) is 12.1. The molecule has 0 radical (unpaired) electrons. The average molecular weight is 358 g/mol. The van der Waals surface area contributed by atoms with Gasteiger partial charge in [0.15, 0.2) is 0 Å². The third-order valence-corrected chi connectivity index (χ3v) is 4.50. The number of hydrogen-bond acceptors (Lipinski definition) is 3. The van der Waals surface area contributed by atoms with E-state index in [1.165, 1.54) is 5.56 Å². The lowest BCUT2D eigenvalue weighted by atomic mass is 10.2. The molecule has 0 unspecified atom stereocenters. The molecule has 2 aromatic heterocycles. The second-order valence-corrected chi connectivity index (χ2v) is 6.33. The highest BCUT2D eigenvalue weighted by atomic mass is 35.5. The molecule has 1 aromatic carbocycles. The Morgan fingerprint density at radius 2 is 1.96 bits per heavy atom. The molecule has 6 nitrogen and oxygen atoms in total. The Balaban J connectivity index is 1.53. The van der Waals surface area contributed by atoms with Crippen molar-refractivity contribution in [3.05, 3.63) is 70.3 Å². The topological polar surface area (TPSA) is 64.7 Å². The third-order valence-electron chi connectivity index (χ3n) is 3.95. The van der Waals surface area contributed by atoms with Crippen molar-refractivity contribution in [1.29, 1.82) is 0 Å². The molecule has 0 aliphatic heterocycles. The van der Waals surface area contributed by atoms with Crippen molar-refractivity contribution < 1.29 is 4.79 Å². The Morgan fingerprint density at radius 1 is 1.20 bits per heavy atom. The lowest BCUT2D eigenvalue weighted by Crippen LogP contribution is -2.27. The molecule has 25 heavy (non-hydrogen) atoms. The van der Waals surface area contributed by atoms with Crippen LogP contribution >= 0.6 is 11.6 Å². The zero-order chi connectivity index (χ0) is 17.8. The molecule has 0 spiro atoms. The first-order valence-corrected chi connectivity index (χ1v) is 8.42. The van der Waals surface area contributed by atoms with Gasteiger partial charge in [-0.05, 0) is 19.4 Å². The van der Waals surface area contributed by atoms with E-state index in [9.17, 15) is 4.79 Å². The van der Waals surface area contributed by atoms with E-state index >= 15 is 0 Å². The summed E-state index contributed by atoms with van der Waals surface area (Å²) in [6, 6.07) is 10.1. The maximum Gasteiger partial charge on any atom is 0.242 e. The molecule has 0 fully saturated rings. The van der Waals surface area contributed by atoms with Crippen molar-refractivity contribution in [2.45, 2.75) is 33.5 Å². The van der Waals surface area contributed by atoms with Crippen LogP contribution in [0.5, 0.6) is 0 Å². The SMILES string of the molecule is Cc1nn(CC(=O)NCc2cnn(Cc3ccccc3)c2)c(C)c1Cl. The summed E-state index contributed by atoms with van der Waals surface area (Å²) in [5.74, 6) is -0.113. The normalized spacial score (nSPS) is 10.8. The number of aryl methyl sites for hydroxylation is 1. The summed E-state index contributed by atoms with van der Waals surface area (Å²) in [6.45, 7) is 4.96. The van der Waals surface area contributed by atoms with Crippen LogP contribution < -0.4 is 5.32 Å². The van der Waals surface area contributed by atoms with Gasteiger partial charge < -0.3 is 5.32 Å². The molecule has 2 heterocycles. The zero-order valence-corrected chi connectivity index (χ0v) is 15.0. The number of nitrogens with zero attached hydrogens (tertiary/aromatic N) is 4. The molecule has 3 rings (SSSR count). The number of benzene rings is 1. The smallest absolute Gasteiger partial charge is 0.242 e. The predicted octanol–water partition coefficient (Wildman–Crippen LogP) is 2.71. The summed E-state index contributed by atoms with van der Waals surface area (Å²) < 4.78 is 3.48. The number of rotatable bonds is 6. The highest BCUT2D eigenvalue weighted by Crippen LogP contribution is 2.18. The number of carbonyl (C=O) groups excluding carboxylic acids is 1. The van der Waals surface area contributed by atoms with Gasteiger partial charge in [0.25, 0.3) is 0 Å². The summed E-state index contributed by atoms with van der Waals surface area (Å²) >= 11 is 6.10. The van der Waals surface area contributed by atoms with Gasteiger partial charge >= 0.3 is 0 Å². The van der Waals surface area contributed by atoms with E-state index in [2.05, 4.69) is 27.6 Å². The largest absolute Gasteiger partial charge is 0.350 e. The maximum atomic E-state index is 12.1. The Bertz CT molecular complexity index is 869. The molecule has 1 N–H and O–H groups in total. The molecule has 0 aliphatic carbocycles. The fraction of sp³-hybridized carbons (Fsp3) is 0.278. The molecule has 1 amide bonds. The molecule has 0 atom stereocenters. The Kier molecular flexibility index (Phi) is 5.19. The Hall–Kier alpha value is -2.60. The van der Waals surface area contributed by atoms with E-state index in [-0.39, 0.29) is 12.5 Å². The maximum absolute atomic E-state index is 12.1. The summed E-state index contributed by atoms with van der Waals surface area (Å²) in [4.78, 5) is 12.1. The minimum atomic E-state index is -0.113. The van der Waals surface area contributed by atoms with Gasteiger partial charge in [-0.1, -0.05) is 41.9 Å². The number of amides is 1. The number of aromatic nitrogens is 4. The minimum Gasteiger partial charge on any atom is -0.350 e. The van der Waals surface area contributed by atoms with Gasteiger partial charge in [-0.25, -0.2) is 0 Å². The van der Waals surface area contributed by atoms with Crippen LogP contribution in [-0.4, -0.2) is 25.5 Å². The van der Waals surface area contributed by atoms with Gasteiger partial charge in [0, 0.05) is 18.3 Å². The van der Waals surface area contributed by atoms with Crippen LogP contribution in [0.3, 0.4) is 0 Å². The van der Waals surface area contributed by atoms with Crippen LogP contribution in [0.1, 0.15) is 22.5 Å². The van der Waals surface area contributed by atoms with Crippen molar-refractivity contribution in [3.8, 4) is 0 Å². The predicted molar refractivity (Wildman–Crippen MR) is 96.3 cm³/mol. The van der Waals surface area contributed by atoms with Crippen LogP contribution in [-0.2, 0) is 24.4 Å². The van der Waals surface area contributed by atoms with Crippen LogP contribution in [0.15, 0.2) is 42.7 Å². The third kappa shape index (κ3) is 4.28. The van der Waals surface area contributed by atoms with Crippen molar-refractivity contribution in [2.75, 3.05) is 0 Å². The van der Waals surface area contributed by atoms with E-state index in [1.807, 2.05) is 42.9 Å². The number of carbonyl (C=O) groups is 1. The number of halogens is 1. The van der Waals surface area contributed by atoms with Gasteiger partial charge in [0.2, 0.25) is 5.91 Å². The zero-order valence-electron chi connectivity index (χ0n) is 14.2. The lowest BCUT2D eigenvalue weighted by molar-refractivity contribution is -0.122. The molecule has 0 saturated carbocycles. The first-order valence-electron chi connectivity index (χ1n) is 8.04. The highest BCUT2D eigenvalue weighted by Gasteiger charge is 2.12. The van der Waals surface area contributed by atoms with Gasteiger partial charge in [-0.3, -0.25) is 14.2 Å². The molecule has 130 valence electrons. The number of nitrogens with one attached hydrogen (secondary N) is 1. The molecule has 7 heteroatoms. The van der Waals surface area contributed by atoms with Gasteiger partial charge in [0.05, 0.1) is 29.2 Å². The highest BCUT2D eigenvalue weighted by molar-refractivity contribution is 6.31. The first kappa shape index (κ1) is 17.2. The minimum absolute atomic E-state index is 0.113. The molecular weight excluding hydrogens is 338 g/mol. The Labute approximate surface area is 151 Å². The van der Waals surface area contributed by atoms with E-state index < -0.39 is 0 Å². The quantitative estimate of drug-likeness (QED) is 0.737. The van der Waals surface area contributed by atoms with Gasteiger partial charge in [-0.2, -0.15) is 10.2 Å². The monoisotopic (exact) mass is 357 g/mol. The molecule has 0 saturated heterocycles. The molecular formula is C18H20ClN5O. The van der Waals surface area contributed by atoms with Crippen molar-refractivity contribution in [1.82, 2.24) is 24.9 Å². The first-order chi connectivity index (χ1) is 12.0. The van der Waals surface area contributed by atoms with Crippen molar-refractivity contribution in [3.63, 3.8) is 0 Å². The fourth-order valence-electron chi connectivity index (χ4n) is 2.58. The fourth-order valence-corrected chi connectivity index (χ4v) is 2.71.